The molecule has 1 N–H and O–H groups in total. The molecule has 0 saturated carbocycles. The van der Waals surface area contributed by atoms with Crippen molar-refractivity contribution in [3.8, 4) is 11.4 Å². The Morgan fingerprint density at radius 3 is 2.41 bits per heavy atom. The van der Waals surface area contributed by atoms with Crippen LogP contribution in [0.5, 0.6) is 0 Å². The molecule has 0 aliphatic rings. The van der Waals surface area contributed by atoms with Crippen LogP contribution in [0.15, 0.2) is 53.1 Å². The molecule has 0 saturated heterocycles. The van der Waals surface area contributed by atoms with Crippen molar-refractivity contribution in [1.29, 1.82) is 0 Å². The lowest BCUT2D eigenvalue weighted by molar-refractivity contribution is -0.114. The van der Waals surface area contributed by atoms with E-state index in [2.05, 4.69) is 22.4 Å². The molecule has 0 atom stereocenters. The predicted molar refractivity (Wildman–Crippen MR) is 99.0 cm³/mol. The van der Waals surface area contributed by atoms with Crippen LogP contribution in [0.4, 0.5) is 5.69 Å². The van der Waals surface area contributed by atoms with Crippen molar-refractivity contribution in [2.24, 2.45) is 0 Å². The summed E-state index contributed by atoms with van der Waals surface area (Å²) in [6, 6.07) is 14.3. The van der Waals surface area contributed by atoms with Gasteiger partial charge in [0.25, 0.3) is 5.89 Å². The number of esters is 1. The molecule has 3 rings (SSSR count). The van der Waals surface area contributed by atoms with E-state index in [0.717, 1.165) is 12.0 Å². The van der Waals surface area contributed by atoms with Gasteiger partial charge in [0.05, 0.1) is 5.56 Å². The van der Waals surface area contributed by atoms with Crippen molar-refractivity contribution in [3.05, 3.63) is 65.5 Å². The molecule has 0 fully saturated rings. The van der Waals surface area contributed by atoms with E-state index in [1.165, 1.54) is 12.5 Å². The SMILES string of the molecule is CCc1ccc(-c2noc(COC(=O)c3ccc(NC(C)=O)cc3)n2)cc1. The quantitative estimate of drug-likeness (QED) is 0.671. The number of benzene rings is 2. The van der Waals surface area contributed by atoms with Gasteiger partial charge in [0.15, 0.2) is 6.61 Å². The summed E-state index contributed by atoms with van der Waals surface area (Å²) in [7, 11) is 0. The first kappa shape index (κ1) is 18.3. The Morgan fingerprint density at radius 1 is 1.07 bits per heavy atom. The summed E-state index contributed by atoms with van der Waals surface area (Å²) in [6.45, 7) is 3.38. The maximum Gasteiger partial charge on any atom is 0.338 e. The highest BCUT2D eigenvalue weighted by Gasteiger charge is 2.12. The van der Waals surface area contributed by atoms with Gasteiger partial charge in [-0.05, 0) is 36.2 Å². The molecular formula is C20H19N3O4. The smallest absolute Gasteiger partial charge is 0.338 e. The first-order valence-corrected chi connectivity index (χ1v) is 8.52. The Labute approximate surface area is 156 Å². The van der Waals surface area contributed by atoms with Crippen LogP contribution in [0, 0.1) is 0 Å². The molecule has 7 nitrogen and oxygen atoms in total. The summed E-state index contributed by atoms with van der Waals surface area (Å²) < 4.78 is 10.3. The highest BCUT2D eigenvalue weighted by molar-refractivity contribution is 5.92. The molecule has 1 amide bonds. The Morgan fingerprint density at radius 2 is 1.78 bits per heavy atom. The van der Waals surface area contributed by atoms with Gasteiger partial charge < -0.3 is 14.6 Å². The number of aromatic nitrogens is 2. The second-order valence-electron chi connectivity index (χ2n) is 5.90. The fourth-order valence-corrected chi connectivity index (χ4v) is 2.42. The Balaban J connectivity index is 1.59. The van der Waals surface area contributed by atoms with Gasteiger partial charge >= 0.3 is 5.97 Å². The number of amides is 1. The first-order chi connectivity index (χ1) is 13.0. The summed E-state index contributed by atoms with van der Waals surface area (Å²) in [5, 5.41) is 6.54. The highest BCUT2D eigenvalue weighted by atomic mass is 16.6. The summed E-state index contributed by atoms with van der Waals surface area (Å²) in [5.74, 6) is -0.0329. The van der Waals surface area contributed by atoms with Gasteiger partial charge in [0.1, 0.15) is 0 Å². The van der Waals surface area contributed by atoms with Crippen molar-refractivity contribution in [1.82, 2.24) is 10.1 Å². The van der Waals surface area contributed by atoms with Gasteiger partial charge in [-0.1, -0.05) is 36.3 Å². The highest BCUT2D eigenvalue weighted by Crippen LogP contribution is 2.17. The molecule has 2 aromatic carbocycles. The van der Waals surface area contributed by atoms with Crippen molar-refractivity contribution in [2.45, 2.75) is 26.9 Å². The van der Waals surface area contributed by atoms with E-state index in [1.807, 2.05) is 24.3 Å². The molecule has 0 radical (unpaired) electrons. The van der Waals surface area contributed by atoms with Gasteiger partial charge in [-0.3, -0.25) is 4.79 Å². The van der Waals surface area contributed by atoms with Crippen LogP contribution in [0.25, 0.3) is 11.4 Å². The van der Waals surface area contributed by atoms with Crippen molar-refractivity contribution < 1.29 is 18.8 Å². The van der Waals surface area contributed by atoms with Crippen molar-refractivity contribution in [2.75, 3.05) is 5.32 Å². The van der Waals surface area contributed by atoms with Crippen LogP contribution in [-0.4, -0.2) is 22.0 Å². The monoisotopic (exact) mass is 365 g/mol. The fourth-order valence-electron chi connectivity index (χ4n) is 2.42. The standard InChI is InChI=1S/C20H19N3O4/c1-3-14-4-6-15(7-5-14)19-22-18(27-23-19)12-26-20(25)16-8-10-17(11-9-16)21-13(2)24/h4-11H,3,12H2,1-2H3,(H,21,24). The van der Waals surface area contributed by atoms with E-state index in [1.54, 1.807) is 24.3 Å². The minimum atomic E-state index is -0.517. The third-order valence-corrected chi connectivity index (χ3v) is 3.86. The first-order valence-electron chi connectivity index (χ1n) is 8.52. The Hall–Kier alpha value is -3.48. The summed E-state index contributed by atoms with van der Waals surface area (Å²) in [4.78, 5) is 27.3. The molecule has 27 heavy (non-hydrogen) atoms. The summed E-state index contributed by atoms with van der Waals surface area (Å²) >= 11 is 0. The molecule has 0 bridgehead atoms. The lowest BCUT2D eigenvalue weighted by Crippen LogP contribution is -2.08. The zero-order valence-corrected chi connectivity index (χ0v) is 15.1. The number of nitrogens with one attached hydrogen (secondary N) is 1. The van der Waals surface area contributed by atoms with Gasteiger partial charge in [0.2, 0.25) is 11.7 Å². The van der Waals surface area contributed by atoms with Crippen LogP contribution in [-0.2, 0) is 22.6 Å². The van der Waals surface area contributed by atoms with Crippen LogP contribution < -0.4 is 5.32 Å². The summed E-state index contributed by atoms with van der Waals surface area (Å²) in [6.07, 6.45) is 0.958. The topological polar surface area (TPSA) is 94.3 Å². The van der Waals surface area contributed by atoms with E-state index in [9.17, 15) is 9.59 Å². The van der Waals surface area contributed by atoms with Gasteiger partial charge in [-0.15, -0.1) is 0 Å². The molecule has 1 aromatic heterocycles. The van der Waals surface area contributed by atoms with E-state index >= 15 is 0 Å². The Kier molecular flexibility index (Phi) is 5.61. The zero-order valence-electron chi connectivity index (χ0n) is 15.1. The van der Waals surface area contributed by atoms with Crippen LogP contribution in [0.3, 0.4) is 0 Å². The molecule has 0 aliphatic heterocycles. The molecule has 0 aliphatic carbocycles. The average Bonchev–Trinajstić information content (AvgIpc) is 3.15. The number of carbonyl (C=O) groups is 2. The third kappa shape index (κ3) is 4.78. The van der Waals surface area contributed by atoms with Crippen LogP contribution >= 0.6 is 0 Å². The molecule has 138 valence electrons. The Bertz CT molecular complexity index is 931. The molecule has 0 spiro atoms. The number of carbonyl (C=O) groups excluding carboxylic acids is 2. The molecule has 1 heterocycles. The number of ether oxygens (including phenoxy) is 1. The largest absolute Gasteiger partial charge is 0.452 e. The number of anilines is 1. The number of hydrogen-bond donors (Lipinski definition) is 1. The minimum absolute atomic E-state index is 0.119. The van der Waals surface area contributed by atoms with Crippen molar-refractivity contribution >= 4 is 17.6 Å². The minimum Gasteiger partial charge on any atom is -0.452 e. The maximum atomic E-state index is 12.1. The number of aryl methyl sites for hydroxylation is 1. The number of rotatable bonds is 6. The second-order valence-corrected chi connectivity index (χ2v) is 5.90. The fraction of sp³-hybridized carbons (Fsp3) is 0.200. The van der Waals surface area contributed by atoms with Crippen LogP contribution in [0.1, 0.15) is 35.7 Å². The van der Waals surface area contributed by atoms with Gasteiger partial charge in [0, 0.05) is 18.2 Å². The summed E-state index contributed by atoms with van der Waals surface area (Å²) in [5.41, 5.74) is 3.02. The van der Waals surface area contributed by atoms with E-state index in [0.29, 0.717) is 17.1 Å². The van der Waals surface area contributed by atoms with E-state index < -0.39 is 5.97 Å². The predicted octanol–water partition coefficient (Wildman–Crippen LogP) is 3.61. The van der Waals surface area contributed by atoms with Crippen LogP contribution in [0.2, 0.25) is 0 Å². The van der Waals surface area contributed by atoms with Gasteiger partial charge in [-0.2, -0.15) is 4.98 Å². The lowest BCUT2D eigenvalue weighted by Gasteiger charge is -2.04. The number of hydrogen-bond acceptors (Lipinski definition) is 6. The van der Waals surface area contributed by atoms with E-state index in [4.69, 9.17) is 9.26 Å². The number of nitrogens with zero attached hydrogens (tertiary/aromatic N) is 2. The van der Waals surface area contributed by atoms with Gasteiger partial charge in [-0.25, -0.2) is 4.79 Å². The van der Waals surface area contributed by atoms with Crippen molar-refractivity contribution in [3.63, 3.8) is 0 Å². The normalized spacial score (nSPS) is 10.4. The lowest BCUT2D eigenvalue weighted by atomic mass is 10.1. The molecular weight excluding hydrogens is 346 g/mol. The molecule has 7 heteroatoms. The maximum absolute atomic E-state index is 12.1. The molecule has 3 aromatic rings. The molecule has 0 unspecified atom stereocenters. The zero-order chi connectivity index (χ0) is 19.2. The second kappa shape index (κ2) is 8.27. The third-order valence-electron chi connectivity index (χ3n) is 3.86. The average molecular weight is 365 g/mol. The van der Waals surface area contributed by atoms with E-state index in [-0.39, 0.29) is 18.4 Å².